The van der Waals surface area contributed by atoms with Gasteiger partial charge in [-0.2, -0.15) is 0 Å². The molecule has 0 saturated heterocycles. The maximum Gasteiger partial charge on any atom is 0.0239 e. The van der Waals surface area contributed by atoms with Crippen LogP contribution in [0.15, 0.2) is 24.3 Å². The molecule has 0 radical (unpaired) electrons. The molecule has 4 unspecified atom stereocenters. The molecular formula is C52H102Cl2N2. The second kappa shape index (κ2) is 41.5. The van der Waals surface area contributed by atoms with Crippen molar-refractivity contribution < 1.29 is 0 Å². The largest absolute Gasteiger partial charge is 0.294 e. The molecule has 0 amide bonds. The lowest BCUT2D eigenvalue weighted by Gasteiger charge is -2.36. The summed E-state index contributed by atoms with van der Waals surface area (Å²) >= 11 is 0. The Hall–Kier alpha value is -0.280. The molecule has 0 aliphatic rings. The van der Waals surface area contributed by atoms with Gasteiger partial charge in [0.05, 0.1) is 0 Å². The van der Waals surface area contributed by atoms with E-state index in [0.29, 0.717) is 24.2 Å². The van der Waals surface area contributed by atoms with Gasteiger partial charge in [-0.15, -0.1) is 24.8 Å². The molecule has 0 saturated carbocycles. The van der Waals surface area contributed by atoms with Crippen LogP contribution < -0.4 is 0 Å². The number of hydrogen-bond acceptors (Lipinski definition) is 2. The number of benzene rings is 1. The van der Waals surface area contributed by atoms with Crippen LogP contribution in [0.3, 0.4) is 0 Å². The fourth-order valence-corrected chi connectivity index (χ4v) is 8.99. The van der Waals surface area contributed by atoms with Gasteiger partial charge in [-0.25, -0.2) is 0 Å². The highest BCUT2D eigenvalue weighted by Gasteiger charge is 2.23. The quantitative estimate of drug-likeness (QED) is 0.0608. The molecule has 4 heteroatoms. The summed E-state index contributed by atoms with van der Waals surface area (Å²) in [7, 11) is 0. The van der Waals surface area contributed by atoms with E-state index in [2.05, 4.69) is 89.5 Å². The highest BCUT2D eigenvalue weighted by molar-refractivity contribution is 5.85. The van der Waals surface area contributed by atoms with E-state index >= 15 is 0 Å². The molecular weight excluding hydrogens is 723 g/mol. The van der Waals surface area contributed by atoms with Gasteiger partial charge in [0.25, 0.3) is 0 Å². The lowest BCUT2D eigenvalue weighted by molar-refractivity contribution is 0.124. The Bertz CT molecular complexity index is 807. The Morgan fingerprint density at radius 3 is 0.786 bits per heavy atom. The molecule has 0 heterocycles. The molecule has 0 fully saturated rings. The minimum absolute atomic E-state index is 0. The average molecular weight is 826 g/mol. The van der Waals surface area contributed by atoms with Crippen LogP contribution in [0.4, 0.5) is 0 Å². The van der Waals surface area contributed by atoms with Gasteiger partial charge in [-0.3, -0.25) is 9.80 Å². The summed E-state index contributed by atoms with van der Waals surface area (Å²) in [5.74, 6) is 0. The van der Waals surface area contributed by atoms with E-state index in [-0.39, 0.29) is 24.8 Å². The van der Waals surface area contributed by atoms with Crippen LogP contribution in [-0.2, 0) is 13.1 Å². The van der Waals surface area contributed by atoms with Crippen molar-refractivity contribution in [2.75, 3.05) is 0 Å². The van der Waals surface area contributed by atoms with Gasteiger partial charge in [0.1, 0.15) is 0 Å². The molecule has 334 valence electrons. The van der Waals surface area contributed by atoms with Crippen molar-refractivity contribution in [1.29, 1.82) is 0 Å². The normalized spacial score (nSPS) is 13.8. The molecule has 0 bridgehead atoms. The van der Waals surface area contributed by atoms with Gasteiger partial charge in [0, 0.05) is 37.3 Å². The zero-order chi connectivity index (χ0) is 39.5. The van der Waals surface area contributed by atoms with Crippen LogP contribution in [0.25, 0.3) is 0 Å². The summed E-state index contributed by atoms with van der Waals surface area (Å²) in [6.07, 6.45) is 44.7. The summed E-state index contributed by atoms with van der Waals surface area (Å²) in [6.45, 7) is 21.7. The first-order chi connectivity index (χ1) is 26.4. The van der Waals surface area contributed by atoms with Crippen LogP contribution in [0.5, 0.6) is 0 Å². The first kappa shape index (κ1) is 57.8. The summed E-state index contributed by atoms with van der Waals surface area (Å²) in [6, 6.07) is 12.4. The van der Waals surface area contributed by atoms with E-state index in [1.54, 1.807) is 0 Å². The first-order valence-corrected chi connectivity index (χ1v) is 25.0. The maximum absolute atomic E-state index is 2.90. The molecule has 0 N–H and O–H groups in total. The van der Waals surface area contributed by atoms with Crippen molar-refractivity contribution in [3.05, 3.63) is 35.4 Å². The van der Waals surface area contributed by atoms with Gasteiger partial charge >= 0.3 is 0 Å². The van der Waals surface area contributed by atoms with Crippen LogP contribution >= 0.6 is 24.8 Å². The number of halogens is 2. The van der Waals surface area contributed by atoms with E-state index in [1.807, 2.05) is 0 Å². The Morgan fingerprint density at radius 2 is 0.554 bits per heavy atom. The molecule has 4 atom stereocenters. The monoisotopic (exact) mass is 825 g/mol. The highest BCUT2D eigenvalue weighted by Crippen LogP contribution is 2.25. The minimum atomic E-state index is 0. The lowest BCUT2D eigenvalue weighted by Crippen LogP contribution is -2.40. The Labute approximate surface area is 366 Å². The summed E-state index contributed by atoms with van der Waals surface area (Å²) in [5.41, 5.74) is 3.06. The van der Waals surface area contributed by atoms with Crippen LogP contribution in [0.1, 0.15) is 272 Å². The van der Waals surface area contributed by atoms with Crippen LogP contribution in [-0.4, -0.2) is 34.0 Å². The first-order valence-electron chi connectivity index (χ1n) is 25.0. The SMILES string of the molecule is CCCCCCCCCC(C)N(Cc1cccc(CN(C(C)CCCCCCCCC)C(C)CCCCCCCCC)c1)C(C)CCCCCCCCC.Cl.Cl. The predicted molar refractivity (Wildman–Crippen MR) is 260 cm³/mol. The Morgan fingerprint density at radius 1 is 0.339 bits per heavy atom. The minimum Gasteiger partial charge on any atom is -0.294 e. The predicted octanol–water partition coefficient (Wildman–Crippen LogP) is 18.3. The Kier molecular flexibility index (Phi) is 42.8. The number of rotatable bonds is 40. The third kappa shape index (κ3) is 30.7. The topological polar surface area (TPSA) is 6.48 Å². The summed E-state index contributed by atoms with van der Waals surface area (Å²) in [5, 5.41) is 0. The van der Waals surface area contributed by atoms with Gasteiger partial charge in [-0.1, -0.05) is 232 Å². The number of unbranched alkanes of at least 4 members (excludes halogenated alkanes) is 24. The van der Waals surface area contributed by atoms with E-state index in [0.717, 1.165) is 13.1 Å². The zero-order valence-corrected chi connectivity index (χ0v) is 41.0. The van der Waals surface area contributed by atoms with E-state index in [1.165, 1.54) is 217 Å². The van der Waals surface area contributed by atoms with Crippen molar-refractivity contribution in [3.63, 3.8) is 0 Å². The molecule has 2 nitrogen and oxygen atoms in total. The van der Waals surface area contributed by atoms with Crippen molar-refractivity contribution >= 4 is 24.8 Å². The molecule has 1 aromatic rings. The van der Waals surface area contributed by atoms with Gasteiger partial charge in [0.2, 0.25) is 0 Å². The molecule has 0 aliphatic heterocycles. The molecule has 0 aromatic heterocycles. The van der Waals surface area contributed by atoms with E-state index in [9.17, 15) is 0 Å². The third-order valence-electron chi connectivity index (χ3n) is 12.9. The standard InChI is InChI=1S/C52H100N2.2ClH/c1-9-13-17-21-25-29-33-38-47(5)53(48(6)39-34-30-26-22-18-14-10-2)45-51-42-37-43-52(44-51)46-54(49(7)40-35-31-27-23-19-15-11-3)50(8)41-36-32-28-24-20-16-12-4;;/h37,42-44,47-50H,9-36,38-41,45-46H2,1-8H3;2*1H. The molecule has 0 spiro atoms. The second-order valence-corrected chi connectivity index (χ2v) is 18.2. The average Bonchev–Trinajstić information content (AvgIpc) is 3.17. The Balaban J connectivity index is 0. The van der Waals surface area contributed by atoms with Crippen LogP contribution in [0.2, 0.25) is 0 Å². The molecule has 1 aromatic carbocycles. The van der Waals surface area contributed by atoms with Crippen molar-refractivity contribution in [1.82, 2.24) is 9.80 Å². The zero-order valence-electron chi connectivity index (χ0n) is 39.4. The molecule has 56 heavy (non-hydrogen) atoms. The van der Waals surface area contributed by atoms with Gasteiger partial charge in [-0.05, 0) is 64.5 Å². The summed E-state index contributed by atoms with van der Waals surface area (Å²) in [4.78, 5) is 5.80. The van der Waals surface area contributed by atoms with Crippen LogP contribution in [0, 0.1) is 0 Å². The van der Waals surface area contributed by atoms with E-state index < -0.39 is 0 Å². The smallest absolute Gasteiger partial charge is 0.0239 e. The van der Waals surface area contributed by atoms with Gasteiger partial charge in [0.15, 0.2) is 0 Å². The highest BCUT2D eigenvalue weighted by atomic mass is 35.5. The fourth-order valence-electron chi connectivity index (χ4n) is 8.99. The number of nitrogens with zero attached hydrogens (tertiary/aromatic N) is 2. The third-order valence-corrected chi connectivity index (χ3v) is 12.9. The van der Waals surface area contributed by atoms with Crippen molar-refractivity contribution in [2.24, 2.45) is 0 Å². The van der Waals surface area contributed by atoms with Crippen molar-refractivity contribution in [3.8, 4) is 0 Å². The summed E-state index contributed by atoms with van der Waals surface area (Å²) < 4.78 is 0. The maximum atomic E-state index is 2.90. The number of hydrogen-bond donors (Lipinski definition) is 0. The van der Waals surface area contributed by atoms with E-state index in [4.69, 9.17) is 0 Å². The van der Waals surface area contributed by atoms with Gasteiger partial charge < -0.3 is 0 Å². The lowest BCUT2D eigenvalue weighted by atomic mass is 9.99. The molecule has 1 rings (SSSR count). The second-order valence-electron chi connectivity index (χ2n) is 18.2. The van der Waals surface area contributed by atoms with Crippen molar-refractivity contribution in [2.45, 2.75) is 298 Å². The fraction of sp³-hybridized carbons (Fsp3) is 0.885. The molecule has 0 aliphatic carbocycles.